The van der Waals surface area contributed by atoms with Gasteiger partial charge in [-0.2, -0.15) is 0 Å². The number of aromatic nitrogens is 3. The van der Waals surface area contributed by atoms with E-state index in [0.29, 0.717) is 0 Å². The van der Waals surface area contributed by atoms with Gasteiger partial charge in [0.1, 0.15) is 17.0 Å². The predicted octanol–water partition coefficient (Wildman–Crippen LogP) is 3.10. The second-order valence-electron chi connectivity index (χ2n) is 4.69. The molecular weight excluding hydrogens is 280 g/mol. The lowest BCUT2D eigenvalue weighted by Gasteiger charge is -2.15. The van der Waals surface area contributed by atoms with Crippen LogP contribution in [0.3, 0.4) is 0 Å². The van der Waals surface area contributed by atoms with Crippen molar-refractivity contribution in [1.29, 1.82) is 0 Å². The molecule has 0 aliphatic heterocycles. The number of hydrogen-bond donors (Lipinski definition) is 1. The number of nitrogens with one attached hydrogen (secondary N) is 1. The topological polar surface area (TPSA) is 50.7 Å². The molecule has 5 heteroatoms. The number of rotatable bonds is 5. The van der Waals surface area contributed by atoms with Crippen LogP contribution in [-0.2, 0) is 6.42 Å². The average Bonchev–Trinajstić information content (AvgIpc) is 3.03. The lowest BCUT2D eigenvalue weighted by atomic mass is 10.0. The van der Waals surface area contributed by atoms with Crippen molar-refractivity contribution in [3.63, 3.8) is 0 Å². The first kappa shape index (κ1) is 13.9. The van der Waals surface area contributed by atoms with Gasteiger partial charge in [0.25, 0.3) is 0 Å². The van der Waals surface area contributed by atoms with Gasteiger partial charge in [-0.1, -0.05) is 30.3 Å². The number of benzene rings is 1. The van der Waals surface area contributed by atoms with E-state index < -0.39 is 0 Å². The fraction of sp³-hybridized carbons (Fsp3) is 0.188. The molecule has 2 aromatic heterocycles. The first-order valence-corrected chi connectivity index (χ1v) is 7.68. The Labute approximate surface area is 127 Å². The standard InChI is InChI=1S/C16H16N4S/c1-17-15(12-5-3-2-4-6-12)9-13-10-21-16(20-13)14-7-8-18-11-19-14/h2-8,10-11,15,17H,9H2,1H3. The molecule has 1 atom stereocenters. The van der Waals surface area contributed by atoms with Crippen molar-refractivity contribution in [2.45, 2.75) is 12.5 Å². The first-order chi connectivity index (χ1) is 10.4. The maximum absolute atomic E-state index is 4.68. The maximum atomic E-state index is 4.68. The number of nitrogens with zero attached hydrogens (tertiary/aromatic N) is 3. The summed E-state index contributed by atoms with van der Waals surface area (Å²) >= 11 is 1.62. The highest BCUT2D eigenvalue weighted by atomic mass is 32.1. The Hall–Kier alpha value is -2.11. The summed E-state index contributed by atoms with van der Waals surface area (Å²) in [4.78, 5) is 12.9. The molecule has 0 saturated heterocycles. The lowest BCUT2D eigenvalue weighted by Crippen LogP contribution is -2.18. The van der Waals surface area contributed by atoms with Gasteiger partial charge in [-0.3, -0.25) is 0 Å². The van der Waals surface area contributed by atoms with Crippen LogP contribution in [0.5, 0.6) is 0 Å². The molecule has 2 heterocycles. The van der Waals surface area contributed by atoms with Crippen LogP contribution in [0.1, 0.15) is 17.3 Å². The third-order valence-corrected chi connectivity index (χ3v) is 4.23. The Bertz CT molecular complexity index is 682. The molecule has 0 bridgehead atoms. The molecule has 1 unspecified atom stereocenters. The van der Waals surface area contributed by atoms with E-state index in [2.05, 4.69) is 49.9 Å². The summed E-state index contributed by atoms with van der Waals surface area (Å²) in [5.41, 5.74) is 3.23. The Kier molecular flexibility index (Phi) is 4.33. The summed E-state index contributed by atoms with van der Waals surface area (Å²) in [6.45, 7) is 0. The van der Waals surface area contributed by atoms with E-state index in [1.54, 1.807) is 23.9 Å². The van der Waals surface area contributed by atoms with E-state index in [1.165, 1.54) is 5.56 Å². The first-order valence-electron chi connectivity index (χ1n) is 6.80. The molecular formula is C16H16N4S. The van der Waals surface area contributed by atoms with Crippen molar-refractivity contribution < 1.29 is 0 Å². The van der Waals surface area contributed by atoms with Gasteiger partial charge < -0.3 is 5.32 Å². The summed E-state index contributed by atoms with van der Waals surface area (Å²) in [7, 11) is 1.98. The highest BCUT2D eigenvalue weighted by Gasteiger charge is 2.13. The molecule has 21 heavy (non-hydrogen) atoms. The summed E-state index contributed by atoms with van der Waals surface area (Å²) in [6.07, 6.45) is 4.16. The molecule has 106 valence electrons. The van der Waals surface area contributed by atoms with Crippen molar-refractivity contribution in [3.05, 3.63) is 65.6 Å². The number of hydrogen-bond acceptors (Lipinski definition) is 5. The van der Waals surface area contributed by atoms with E-state index in [9.17, 15) is 0 Å². The van der Waals surface area contributed by atoms with Crippen LogP contribution < -0.4 is 5.32 Å². The van der Waals surface area contributed by atoms with Crippen molar-refractivity contribution >= 4 is 11.3 Å². The van der Waals surface area contributed by atoms with E-state index >= 15 is 0 Å². The van der Waals surface area contributed by atoms with Gasteiger partial charge >= 0.3 is 0 Å². The minimum Gasteiger partial charge on any atom is -0.313 e. The fourth-order valence-corrected chi connectivity index (χ4v) is 3.02. The third kappa shape index (κ3) is 3.32. The van der Waals surface area contributed by atoms with Gasteiger partial charge in [0.05, 0.1) is 5.69 Å². The molecule has 1 N–H and O–H groups in total. The molecule has 0 aliphatic carbocycles. The SMILES string of the molecule is CNC(Cc1csc(-c2ccncn2)n1)c1ccccc1. The van der Waals surface area contributed by atoms with Gasteiger partial charge in [0, 0.05) is 24.0 Å². The van der Waals surface area contributed by atoms with Gasteiger partial charge in [-0.25, -0.2) is 15.0 Å². The Morgan fingerprint density at radius 2 is 2.05 bits per heavy atom. The second-order valence-corrected chi connectivity index (χ2v) is 5.55. The van der Waals surface area contributed by atoms with E-state index in [4.69, 9.17) is 0 Å². The smallest absolute Gasteiger partial charge is 0.142 e. The van der Waals surface area contributed by atoms with Crippen molar-refractivity contribution in [2.75, 3.05) is 7.05 Å². The minimum atomic E-state index is 0.270. The van der Waals surface area contributed by atoms with Crippen LogP contribution in [0.15, 0.2) is 54.3 Å². The van der Waals surface area contributed by atoms with Crippen LogP contribution in [0.2, 0.25) is 0 Å². The third-order valence-electron chi connectivity index (χ3n) is 3.32. The van der Waals surface area contributed by atoms with Crippen LogP contribution >= 0.6 is 11.3 Å². The summed E-state index contributed by atoms with van der Waals surface area (Å²) in [5.74, 6) is 0. The van der Waals surface area contributed by atoms with E-state index in [-0.39, 0.29) is 6.04 Å². The van der Waals surface area contributed by atoms with Crippen LogP contribution in [0.4, 0.5) is 0 Å². The molecule has 0 saturated carbocycles. The zero-order chi connectivity index (χ0) is 14.5. The largest absolute Gasteiger partial charge is 0.313 e. The fourth-order valence-electron chi connectivity index (χ4n) is 2.22. The Morgan fingerprint density at radius 1 is 1.19 bits per heavy atom. The van der Waals surface area contributed by atoms with Gasteiger partial charge in [0.2, 0.25) is 0 Å². The quantitative estimate of drug-likeness (QED) is 0.786. The van der Waals surface area contributed by atoms with Crippen LogP contribution in [0.25, 0.3) is 10.7 Å². The maximum Gasteiger partial charge on any atom is 0.142 e. The van der Waals surface area contributed by atoms with Gasteiger partial charge in [-0.15, -0.1) is 11.3 Å². The second kappa shape index (κ2) is 6.56. The normalized spacial score (nSPS) is 12.2. The predicted molar refractivity (Wildman–Crippen MR) is 85.1 cm³/mol. The number of thiazole rings is 1. The molecule has 4 nitrogen and oxygen atoms in total. The monoisotopic (exact) mass is 296 g/mol. The average molecular weight is 296 g/mol. The zero-order valence-electron chi connectivity index (χ0n) is 11.7. The van der Waals surface area contributed by atoms with E-state index in [1.807, 2.05) is 19.2 Å². The molecule has 0 aliphatic rings. The molecule has 0 spiro atoms. The van der Waals surface area contributed by atoms with Crippen LogP contribution in [0, 0.1) is 0 Å². The molecule has 1 aromatic carbocycles. The van der Waals surface area contributed by atoms with Crippen molar-refractivity contribution in [2.24, 2.45) is 0 Å². The zero-order valence-corrected chi connectivity index (χ0v) is 12.5. The summed E-state index contributed by atoms with van der Waals surface area (Å²) < 4.78 is 0. The van der Waals surface area contributed by atoms with E-state index in [0.717, 1.165) is 22.8 Å². The highest BCUT2D eigenvalue weighted by molar-refractivity contribution is 7.13. The molecule has 3 aromatic rings. The van der Waals surface area contributed by atoms with Gasteiger partial charge in [0.15, 0.2) is 0 Å². The highest BCUT2D eigenvalue weighted by Crippen LogP contribution is 2.24. The summed E-state index contributed by atoms with van der Waals surface area (Å²) in [6, 6.07) is 12.6. The minimum absolute atomic E-state index is 0.270. The lowest BCUT2D eigenvalue weighted by molar-refractivity contribution is 0.586. The number of likely N-dealkylation sites (N-methyl/N-ethyl adjacent to an activating group) is 1. The molecule has 3 rings (SSSR count). The Morgan fingerprint density at radius 3 is 2.76 bits per heavy atom. The van der Waals surface area contributed by atoms with Crippen molar-refractivity contribution in [3.8, 4) is 10.7 Å². The molecule has 0 radical (unpaired) electrons. The molecule has 0 fully saturated rings. The summed E-state index contributed by atoms with van der Waals surface area (Å²) in [5, 5.41) is 6.40. The Balaban J connectivity index is 1.78. The van der Waals surface area contributed by atoms with Gasteiger partial charge in [-0.05, 0) is 18.7 Å². The molecule has 0 amide bonds. The van der Waals surface area contributed by atoms with Crippen LogP contribution in [-0.4, -0.2) is 22.0 Å². The van der Waals surface area contributed by atoms with Crippen molar-refractivity contribution in [1.82, 2.24) is 20.3 Å².